The highest BCUT2D eigenvalue weighted by Crippen LogP contribution is 2.41. The number of pyridine rings is 1. The normalized spacial score (nSPS) is 12.1. The van der Waals surface area contributed by atoms with Gasteiger partial charge in [-0.05, 0) is 89.0 Å². The van der Waals surface area contributed by atoms with Gasteiger partial charge < -0.3 is 4.57 Å². The lowest BCUT2D eigenvalue weighted by Crippen LogP contribution is -2.11. The first-order valence-electron chi connectivity index (χ1n) is 12.3. The second kappa shape index (κ2) is 9.52. The summed E-state index contributed by atoms with van der Waals surface area (Å²) in [6, 6.07) is 24.9. The third kappa shape index (κ3) is 4.78. The van der Waals surface area contributed by atoms with Gasteiger partial charge in [-0.2, -0.15) is 31.6 Å². The number of hydrogen-bond donors (Lipinski definition) is 0. The van der Waals surface area contributed by atoms with Crippen molar-refractivity contribution in [1.82, 2.24) is 9.55 Å². The number of nitrogens with zero attached hydrogens (tertiary/aromatic N) is 3. The average Bonchev–Trinajstić information content (AvgIpc) is 3.30. The highest BCUT2D eigenvalue weighted by molar-refractivity contribution is 6.10. The molecule has 202 valence electrons. The molecule has 3 nitrogen and oxygen atoms in total. The minimum Gasteiger partial charge on any atom is -0.309 e. The van der Waals surface area contributed by atoms with Gasteiger partial charge in [0.25, 0.3) is 0 Å². The Morgan fingerprint density at radius 2 is 1.22 bits per heavy atom. The molecule has 0 N–H and O–H groups in total. The molecule has 2 heterocycles. The number of fused-ring (bicyclic) bond motifs is 3. The first kappa shape index (κ1) is 26.1. The van der Waals surface area contributed by atoms with E-state index in [1.54, 1.807) is 42.7 Å². The molecule has 0 radical (unpaired) electrons. The summed E-state index contributed by atoms with van der Waals surface area (Å²) in [5.74, 6) is 0. The van der Waals surface area contributed by atoms with Gasteiger partial charge >= 0.3 is 12.4 Å². The molecule has 6 aromatic rings. The second-order valence-corrected chi connectivity index (χ2v) is 9.50. The molecule has 41 heavy (non-hydrogen) atoms. The number of halogens is 6. The summed E-state index contributed by atoms with van der Waals surface area (Å²) in [6.07, 6.45) is -6.61. The number of alkyl halides is 6. The van der Waals surface area contributed by atoms with Gasteiger partial charge in [0.1, 0.15) is 0 Å². The highest BCUT2D eigenvalue weighted by Gasteiger charge is 2.37. The Kier molecular flexibility index (Phi) is 6.07. The number of hydrogen-bond acceptors (Lipinski definition) is 2. The lowest BCUT2D eigenvalue weighted by Gasteiger charge is -2.15. The molecule has 0 spiro atoms. The molecule has 9 heteroatoms. The Morgan fingerprint density at radius 3 is 1.88 bits per heavy atom. The third-order valence-electron chi connectivity index (χ3n) is 6.91. The minimum atomic E-state index is -4.95. The molecule has 0 atom stereocenters. The lowest BCUT2D eigenvalue weighted by molar-refractivity contribution is -0.143. The highest BCUT2D eigenvalue weighted by atomic mass is 19.4. The first-order chi connectivity index (χ1) is 19.5. The second-order valence-electron chi connectivity index (χ2n) is 9.50. The van der Waals surface area contributed by atoms with Crippen LogP contribution in [0, 0.1) is 11.3 Å². The maximum atomic E-state index is 13.5. The van der Waals surface area contributed by atoms with Crippen LogP contribution in [-0.4, -0.2) is 9.55 Å². The Labute approximate surface area is 229 Å². The molecule has 6 rings (SSSR count). The van der Waals surface area contributed by atoms with Crippen molar-refractivity contribution in [1.29, 1.82) is 5.26 Å². The quantitative estimate of drug-likeness (QED) is 0.204. The largest absolute Gasteiger partial charge is 0.416 e. The summed E-state index contributed by atoms with van der Waals surface area (Å²) in [5.41, 5.74) is 1.43. The van der Waals surface area contributed by atoms with Gasteiger partial charge in [0.2, 0.25) is 0 Å². The van der Waals surface area contributed by atoms with Crippen LogP contribution in [0.25, 0.3) is 49.7 Å². The third-order valence-corrected chi connectivity index (χ3v) is 6.91. The molecule has 0 amide bonds. The van der Waals surface area contributed by atoms with Crippen LogP contribution in [0.5, 0.6) is 0 Å². The number of nitriles is 1. The van der Waals surface area contributed by atoms with E-state index >= 15 is 0 Å². The Bertz CT molecular complexity index is 1950. The summed E-state index contributed by atoms with van der Waals surface area (Å²) in [7, 11) is 0. The van der Waals surface area contributed by atoms with E-state index in [1.165, 1.54) is 6.07 Å². The van der Waals surface area contributed by atoms with E-state index in [4.69, 9.17) is 0 Å². The van der Waals surface area contributed by atoms with Gasteiger partial charge in [-0.15, -0.1) is 0 Å². The molecular formula is C32H17F6N3. The van der Waals surface area contributed by atoms with E-state index in [-0.39, 0.29) is 17.2 Å². The maximum Gasteiger partial charge on any atom is 0.416 e. The average molecular weight is 557 g/mol. The van der Waals surface area contributed by atoms with Crippen molar-refractivity contribution < 1.29 is 26.3 Å². The zero-order valence-electron chi connectivity index (χ0n) is 20.9. The molecule has 2 aromatic heterocycles. The monoisotopic (exact) mass is 557 g/mol. The van der Waals surface area contributed by atoms with Crippen molar-refractivity contribution in [2.45, 2.75) is 12.4 Å². The van der Waals surface area contributed by atoms with E-state index < -0.39 is 23.5 Å². The van der Waals surface area contributed by atoms with Crippen molar-refractivity contribution in [3.63, 3.8) is 0 Å². The zero-order valence-corrected chi connectivity index (χ0v) is 20.9. The van der Waals surface area contributed by atoms with Crippen LogP contribution in [0.15, 0.2) is 103 Å². The van der Waals surface area contributed by atoms with Crippen LogP contribution in [0.1, 0.15) is 16.7 Å². The van der Waals surface area contributed by atoms with Crippen molar-refractivity contribution in [3.05, 3.63) is 120 Å². The molecule has 0 saturated carbocycles. The summed E-state index contributed by atoms with van der Waals surface area (Å²) in [6.45, 7) is 0. The van der Waals surface area contributed by atoms with Crippen LogP contribution in [-0.2, 0) is 12.4 Å². The van der Waals surface area contributed by atoms with Gasteiger partial charge in [0.05, 0.1) is 33.8 Å². The molecule has 0 fully saturated rings. The van der Waals surface area contributed by atoms with Crippen LogP contribution in [0.4, 0.5) is 26.3 Å². The van der Waals surface area contributed by atoms with E-state index in [9.17, 15) is 31.6 Å². The molecule has 0 saturated heterocycles. The van der Waals surface area contributed by atoms with Crippen LogP contribution in [0.3, 0.4) is 0 Å². The predicted molar refractivity (Wildman–Crippen MR) is 144 cm³/mol. The predicted octanol–water partition coefficient (Wildman–Crippen LogP) is 9.42. The lowest BCUT2D eigenvalue weighted by atomic mass is 9.97. The van der Waals surface area contributed by atoms with E-state index in [2.05, 4.69) is 11.1 Å². The van der Waals surface area contributed by atoms with Gasteiger partial charge in [0, 0.05) is 28.9 Å². The molecule has 0 aliphatic carbocycles. The fourth-order valence-electron chi connectivity index (χ4n) is 5.07. The summed E-state index contributed by atoms with van der Waals surface area (Å²) in [4.78, 5) is 4.04. The number of benzene rings is 4. The SMILES string of the molecule is N#Cc1cc(-c2ccncc2)cc(-n2c3ccccc3c3cc(-c4cc(C(F)(F)F)cc(C(F)(F)F)c4)ccc32)c1. The number of aromatic nitrogens is 2. The standard InChI is InChI=1S/C32H17F6N3/c33-31(34,35)24-13-23(14-25(17-24)32(36,37)38)21-5-6-30-28(16-21)27-3-1-2-4-29(27)41(30)26-12-19(18-39)11-22(15-26)20-7-9-40-10-8-20/h1-17H. The van der Waals surface area contributed by atoms with Crippen molar-refractivity contribution in [2.24, 2.45) is 0 Å². The Balaban J connectivity index is 1.60. The summed E-state index contributed by atoms with van der Waals surface area (Å²) < 4.78 is 83.1. The topological polar surface area (TPSA) is 41.6 Å². The van der Waals surface area contributed by atoms with Gasteiger partial charge in [-0.3, -0.25) is 4.98 Å². The van der Waals surface area contributed by atoms with Crippen LogP contribution >= 0.6 is 0 Å². The van der Waals surface area contributed by atoms with Crippen LogP contribution < -0.4 is 0 Å². The Morgan fingerprint density at radius 1 is 0.585 bits per heavy atom. The van der Waals surface area contributed by atoms with Crippen molar-refractivity contribution in [3.8, 4) is 34.0 Å². The molecular weight excluding hydrogens is 540 g/mol. The fourth-order valence-corrected chi connectivity index (χ4v) is 5.07. The fraction of sp³-hybridized carbons (Fsp3) is 0.0625. The zero-order chi connectivity index (χ0) is 28.9. The summed E-state index contributed by atoms with van der Waals surface area (Å²) >= 11 is 0. The van der Waals surface area contributed by atoms with E-state index in [0.717, 1.165) is 34.2 Å². The van der Waals surface area contributed by atoms with E-state index in [1.807, 2.05) is 41.0 Å². The van der Waals surface area contributed by atoms with Crippen molar-refractivity contribution >= 4 is 21.8 Å². The molecule has 0 aliphatic rings. The molecule has 0 bridgehead atoms. The molecule has 4 aromatic carbocycles. The van der Waals surface area contributed by atoms with E-state index in [0.29, 0.717) is 22.2 Å². The maximum absolute atomic E-state index is 13.5. The van der Waals surface area contributed by atoms with Gasteiger partial charge in [-0.1, -0.05) is 24.3 Å². The molecule has 0 aliphatic heterocycles. The Hall–Kier alpha value is -5.10. The van der Waals surface area contributed by atoms with Gasteiger partial charge in [0.15, 0.2) is 0 Å². The van der Waals surface area contributed by atoms with Crippen molar-refractivity contribution in [2.75, 3.05) is 0 Å². The molecule has 0 unspecified atom stereocenters. The summed E-state index contributed by atoms with van der Waals surface area (Å²) in [5, 5.41) is 11.1. The number of para-hydroxylation sites is 1. The first-order valence-corrected chi connectivity index (χ1v) is 12.3. The van der Waals surface area contributed by atoms with Gasteiger partial charge in [-0.25, -0.2) is 0 Å². The minimum absolute atomic E-state index is 0.121. The number of rotatable bonds is 3. The van der Waals surface area contributed by atoms with Crippen LogP contribution in [0.2, 0.25) is 0 Å². The smallest absolute Gasteiger partial charge is 0.309 e.